The molecule has 8 atom stereocenters. The van der Waals surface area contributed by atoms with Gasteiger partial charge in [-0.05, 0) is 49.9 Å². The molecule has 0 spiro atoms. The fourth-order valence-corrected chi connectivity index (χ4v) is 6.55. The number of halogens is 1. The second-order valence-corrected chi connectivity index (χ2v) is 9.08. The monoisotopic (exact) mass is 348 g/mol. The van der Waals surface area contributed by atoms with E-state index in [0.717, 1.165) is 25.7 Å². The molecule has 0 amide bonds. The Morgan fingerprint density at radius 3 is 2.84 bits per heavy atom. The predicted molar refractivity (Wildman–Crippen MR) is 93.4 cm³/mol. The Bertz CT molecular complexity index is 641. The lowest BCUT2D eigenvalue weighted by Gasteiger charge is -2.56. The molecule has 1 N–H and O–H groups in total. The number of esters is 1. The van der Waals surface area contributed by atoms with E-state index in [9.17, 15) is 14.3 Å². The maximum atomic E-state index is 14.8. The summed E-state index contributed by atoms with van der Waals surface area (Å²) in [7, 11) is 0. The first-order valence-corrected chi connectivity index (χ1v) is 9.64. The van der Waals surface area contributed by atoms with Crippen molar-refractivity contribution in [3.05, 3.63) is 23.8 Å². The number of carbonyl (C=O) groups is 1. The molecule has 3 nitrogen and oxygen atoms in total. The molecular weight excluding hydrogens is 319 g/mol. The van der Waals surface area contributed by atoms with Gasteiger partial charge in [0.15, 0.2) is 0 Å². The SMILES string of the molecule is CC(=O)O[C@H]1[C@H](F)C[C@H]2[C@@H]3CC=C4CC(O)C=C[C@]4(C)[C@H]3CC[C@@]21C. The largest absolute Gasteiger partial charge is 0.459 e. The third-order valence-corrected chi connectivity index (χ3v) is 7.82. The Labute approximate surface area is 149 Å². The lowest BCUT2D eigenvalue weighted by atomic mass is 9.49. The zero-order valence-electron chi connectivity index (χ0n) is 15.4. The van der Waals surface area contributed by atoms with Crippen molar-refractivity contribution in [2.75, 3.05) is 0 Å². The molecule has 138 valence electrons. The van der Waals surface area contributed by atoms with Crippen LogP contribution in [0.4, 0.5) is 4.39 Å². The lowest BCUT2D eigenvalue weighted by Crippen LogP contribution is -2.51. The summed E-state index contributed by atoms with van der Waals surface area (Å²) in [5.41, 5.74) is 1.07. The van der Waals surface area contributed by atoms with Crippen molar-refractivity contribution in [1.82, 2.24) is 0 Å². The molecule has 4 aliphatic carbocycles. The van der Waals surface area contributed by atoms with Crippen LogP contribution < -0.4 is 0 Å². The standard InChI is InChI=1S/C21H29FO3/c1-12(23)25-19-18(22)11-17-15-5-4-13-10-14(24)6-8-20(13,2)16(15)7-9-21(17,19)3/h4,6,8,14-19,24H,5,7,9-11H2,1-3H3/t14?,15-,16+,17+,18-,19+,20+,21+/m1/s1. The molecule has 0 aromatic rings. The van der Waals surface area contributed by atoms with Crippen LogP contribution in [0.15, 0.2) is 23.8 Å². The Morgan fingerprint density at radius 2 is 2.12 bits per heavy atom. The summed E-state index contributed by atoms with van der Waals surface area (Å²) >= 11 is 0. The maximum absolute atomic E-state index is 14.8. The van der Waals surface area contributed by atoms with Gasteiger partial charge in [-0.15, -0.1) is 0 Å². The fraction of sp³-hybridized carbons (Fsp3) is 0.762. The fourth-order valence-electron chi connectivity index (χ4n) is 6.55. The van der Waals surface area contributed by atoms with Crippen LogP contribution in [0.25, 0.3) is 0 Å². The van der Waals surface area contributed by atoms with Gasteiger partial charge in [-0.1, -0.05) is 37.6 Å². The van der Waals surface area contributed by atoms with Crippen molar-refractivity contribution in [3.8, 4) is 0 Å². The number of fused-ring (bicyclic) bond motifs is 5. The van der Waals surface area contributed by atoms with E-state index >= 15 is 0 Å². The topological polar surface area (TPSA) is 46.5 Å². The molecule has 1 unspecified atom stereocenters. The van der Waals surface area contributed by atoms with Gasteiger partial charge in [0.2, 0.25) is 0 Å². The van der Waals surface area contributed by atoms with E-state index in [1.807, 2.05) is 6.08 Å². The van der Waals surface area contributed by atoms with Crippen LogP contribution in [0.1, 0.15) is 52.9 Å². The lowest BCUT2D eigenvalue weighted by molar-refractivity contribution is -0.159. The van der Waals surface area contributed by atoms with Gasteiger partial charge in [-0.3, -0.25) is 4.79 Å². The van der Waals surface area contributed by atoms with Crippen LogP contribution in [-0.4, -0.2) is 29.5 Å². The zero-order valence-corrected chi connectivity index (χ0v) is 15.4. The highest BCUT2D eigenvalue weighted by atomic mass is 19.1. The number of hydrogen-bond acceptors (Lipinski definition) is 3. The molecule has 0 aromatic carbocycles. The van der Waals surface area contributed by atoms with Crippen molar-refractivity contribution in [2.24, 2.45) is 28.6 Å². The third-order valence-electron chi connectivity index (χ3n) is 7.82. The molecule has 0 bridgehead atoms. The average molecular weight is 348 g/mol. The minimum atomic E-state index is -1.06. The van der Waals surface area contributed by atoms with E-state index in [2.05, 4.69) is 26.0 Å². The summed E-state index contributed by atoms with van der Waals surface area (Å²) in [5.74, 6) is 0.780. The van der Waals surface area contributed by atoms with Gasteiger partial charge in [0.1, 0.15) is 12.3 Å². The van der Waals surface area contributed by atoms with Crippen LogP contribution in [0.5, 0.6) is 0 Å². The van der Waals surface area contributed by atoms with E-state index in [4.69, 9.17) is 4.74 Å². The van der Waals surface area contributed by atoms with Gasteiger partial charge < -0.3 is 9.84 Å². The first kappa shape index (κ1) is 17.3. The molecule has 4 heteroatoms. The molecular formula is C21H29FO3. The number of allylic oxidation sites excluding steroid dienone is 2. The van der Waals surface area contributed by atoms with Crippen molar-refractivity contribution >= 4 is 5.97 Å². The molecule has 4 rings (SSSR count). The highest BCUT2D eigenvalue weighted by Crippen LogP contribution is 2.64. The van der Waals surface area contributed by atoms with Gasteiger partial charge in [0, 0.05) is 17.8 Å². The number of carbonyl (C=O) groups excluding carboxylic acids is 1. The molecule has 2 saturated carbocycles. The molecule has 0 saturated heterocycles. The molecule has 0 aliphatic heterocycles. The first-order chi connectivity index (χ1) is 11.8. The quantitative estimate of drug-likeness (QED) is 0.576. The number of aliphatic hydroxyl groups excluding tert-OH is 1. The predicted octanol–water partition coefficient (Wildman–Crippen LogP) is 3.97. The maximum Gasteiger partial charge on any atom is 0.303 e. The molecule has 0 aromatic heterocycles. The second-order valence-electron chi connectivity index (χ2n) is 9.08. The van der Waals surface area contributed by atoms with E-state index in [1.165, 1.54) is 12.5 Å². The van der Waals surface area contributed by atoms with Crippen LogP contribution in [0.2, 0.25) is 0 Å². The summed E-state index contributed by atoms with van der Waals surface area (Å²) in [6.45, 7) is 5.79. The minimum absolute atomic E-state index is 0.0190. The number of hydrogen-bond donors (Lipinski definition) is 1. The van der Waals surface area contributed by atoms with Crippen LogP contribution in [0.3, 0.4) is 0 Å². The van der Waals surface area contributed by atoms with Crippen LogP contribution in [0, 0.1) is 28.6 Å². The van der Waals surface area contributed by atoms with E-state index in [1.54, 1.807) is 0 Å². The normalized spacial score (nSPS) is 51.2. The molecule has 25 heavy (non-hydrogen) atoms. The van der Waals surface area contributed by atoms with Gasteiger partial charge in [-0.25, -0.2) is 4.39 Å². The molecule has 0 radical (unpaired) electrons. The van der Waals surface area contributed by atoms with E-state index < -0.39 is 12.3 Å². The van der Waals surface area contributed by atoms with Crippen molar-refractivity contribution in [1.29, 1.82) is 0 Å². The second kappa shape index (κ2) is 5.67. The number of alkyl halides is 1. The van der Waals surface area contributed by atoms with Crippen LogP contribution >= 0.6 is 0 Å². The van der Waals surface area contributed by atoms with Gasteiger partial charge in [0.05, 0.1) is 6.10 Å². The third kappa shape index (κ3) is 2.43. The molecule has 4 aliphatic rings. The Balaban J connectivity index is 1.66. The number of rotatable bonds is 1. The molecule has 0 heterocycles. The zero-order chi connectivity index (χ0) is 18.0. The summed E-state index contributed by atoms with van der Waals surface area (Å²) in [6.07, 6.45) is 8.49. The van der Waals surface area contributed by atoms with Crippen molar-refractivity contribution < 1.29 is 19.0 Å². The highest BCUT2D eigenvalue weighted by Gasteiger charge is 2.62. The van der Waals surface area contributed by atoms with Gasteiger partial charge in [0.25, 0.3) is 0 Å². The van der Waals surface area contributed by atoms with E-state index in [-0.39, 0.29) is 28.8 Å². The summed E-state index contributed by atoms with van der Waals surface area (Å²) < 4.78 is 20.2. The van der Waals surface area contributed by atoms with Crippen molar-refractivity contribution in [2.45, 2.75) is 71.3 Å². The summed E-state index contributed by atoms with van der Waals surface area (Å²) in [6, 6.07) is 0. The number of aliphatic hydroxyl groups is 1. The minimum Gasteiger partial charge on any atom is -0.459 e. The number of ether oxygens (including phenoxy) is 1. The first-order valence-electron chi connectivity index (χ1n) is 9.64. The van der Waals surface area contributed by atoms with Crippen LogP contribution in [-0.2, 0) is 9.53 Å². The van der Waals surface area contributed by atoms with E-state index in [0.29, 0.717) is 18.3 Å². The molecule has 2 fully saturated rings. The summed E-state index contributed by atoms with van der Waals surface area (Å²) in [5, 5.41) is 9.98. The Kier molecular flexibility index (Phi) is 3.91. The Morgan fingerprint density at radius 1 is 1.36 bits per heavy atom. The van der Waals surface area contributed by atoms with Crippen molar-refractivity contribution in [3.63, 3.8) is 0 Å². The Hall–Kier alpha value is -1.16. The summed E-state index contributed by atoms with van der Waals surface area (Å²) in [4.78, 5) is 11.5. The smallest absolute Gasteiger partial charge is 0.303 e. The van der Waals surface area contributed by atoms with Gasteiger partial charge in [-0.2, -0.15) is 0 Å². The average Bonchev–Trinajstić information content (AvgIpc) is 2.79. The van der Waals surface area contributed by atoms with Gasteiger partial charge >= 0.3 is 5.97 Å². The highest BCUT2D eigenvalue weighted by molar-refractivity contribution is 5.66.